The quantitative estimate of drug-likeness (QED) is 0.671. The molecule has 0 aliphatic heterocycles. The second-order valence-electron chi connectivity index (χ2n) is 4.68. The summed E-state index contributed by atoms with van der Waals surface area (Å²) in [7, 11) is 0. The van der Waals surface area contributed by atoms with E-state index < -0.39 is 10.5 Å². The molecule has 1 N–H and O–H groups in total. The molecule has 0 spiro atoms. The van der Waals surface area contributed by atoms with Crippen LogP contribution in [-0.4, -0.2) is 16.6 Å². The van der Waals surface area contributed by atoms with Gasteiger partial charge in [-0.05, 0) is 24.6 Å². The predicted molar refractivity (Wildman–Crippen MR) is 74.6 cm³/mol. The van der Waals surface area contributed by atoms with Crippen molar-refractivity contribution < 1.29 is 14.8 Å². The highest BCUT2D eigenvalue weighted by atomic mass is 16.6. The van der Waals surface area contributed by atoms with Crippen molar-refractivity contribution in [1.29, 1.82) is 0 Å². The molecule has 5 nitrogen and oxygen atoms in total. The molecule has 0 fully saturated rings. The van der Waals surface area contributed by atoms with Gasteiger partial charge in [-0.15, -0.1) is 0 Å². The number of rotatable bonds is 5. The Kier molecular flexibility index (Phi) is 4.00. The van der Waals surface area contributed by atoms with Gasteiger partial charge in [0.05, 0.1) is 4.92 Å². The van der Waals surface area contributed by atoms with Gasteiger partial charge in [0.25, 0.3) is 5.69 Å². The molecule has 104 valence electrons. The fourth-order valence-electron chi connectivity index (χ4n) is 1.77. The number of nitro groups is 1. The van der Waals surface area contributed by atoms with Crippen LogP contribution in [0.3, 0.4) is 0 Å². The Hall–Kier alpha value is -2.40. The third kappa shape index (κ3) is 3.33. The lowest BCUT2D eigenvalue weighted by molar-refractivity contribution is -0.384. The summed E-state index contributed by atoms with van der Waals surface area (Å²) in [5.74, 6) is 0.479. The number of ether oxygens (including phenoxy) is 1. The minimum absolute atomic E-state index is 0.00664. The minimum atomic E-state index is -1.12. The summed E-state index contributed by atoms with van der Waals surface area (Å²) in [5.41, 5.74) is -0.364. The van der Waals surface area contributed by atoms with Crippen LogP contribution < -0.4 is 4.74 Å². The van der Waals surface area contributed by atoms with Crippen LogP contribution in [0.15, 0.2) is 54.6 Å². The zero-order chi connectivity index (χ0) is 14.6. The van der Waals surface area contributed by atoms with E-state index in [1.165, 1.54) is 24.3 Å². The minimum Gasteiger partial charge on any atom is -0.490 e. The maximum absolute atomic E-state index is 10.5. The number of nitrogens with zero attached hydrogens (tertiary/aromatic N) is 1. The number of aliphatic hydroxyl groups is 1. The van der Waals surface area contributed by atoms with Gasteiger partial charge in [0.15, 0.2) is 0 Å². The van der Waals surface area contributed by atoms with Gasteiger partial charge < -0.3 is 9.84 Å². The number of benzene rings is 2. The molecule has 0 aromatic heterocycles. The monoisotopic (exact) mass is 273 g/mol. The average molecular weight is 273 g/mol. The van der Waals surface area contributed by atoms with Crippen LogP contribution in [-0.2, 0) is 5.60 Å². The first kappa shape index (κ1) is 14.0. The van der Waals surface area contributed by atoms with E-state index in [2.05, 4.69) is 0 Å². The van der Waals surface area contributed by atoms with Gasteiger partial charge in [0, 0.05) is 12.1 Å². The van der Waals surface area contributed by atoms with E-state index in [-0.39, 0.29) is 12.3 Å². The highest BCUT2D eigenvalue weighted by Crippen LogP contribution is 2.23. The van der Waals surface area contributed by atoms with Crippen molar-refractivity contribution in [2.45, 2.75) is 12.5 Å². The zero-order valence-electron chi connectivity index (χ0n) is 11.0. The van der Waals surface area contributed by atoms with E-state index in [1.54, 1.807) is 6.92 Å². The first-order valence-electron chi connectivity index (χ1n) is 6.14. The molecule has 2 aromatic carbocycles. The van der Waals surface area contributed by atoms with E-state index in [9.17, 15) is 15.2 Å². The fraction of sp³-hybridized carbons (Fsp3) is 0.200. The fourth-order valence-corrected chi connectivity index (χ4v) is 1.77. The first-order chi connectivity index (χ1) is 9.49. The van der Waals surface area contributed by atoms with Crippen LogP contribution in [0.2, 0.25) is 0 Å². The summed E-state index contributed by atoms with van der Waals surface area (Å²) < 4.78 is 5.49. The molecule has 0 bridgehead atoms. The van der Waals surface area contributed by atoms with E-state index in [0.717, 1.165) is 5.56 Å². The molecule has 5 heteroatoms. The molecule has 2 aromatic rings. The van der Waals surface area contributed by atoms with Crippen molar-refractivity contribution in [1.82, 2.24) is 0 Å². The van der Waals surface area contributed by atoms with Gasteiger partial charge in [-0.1, -0.05) is 30.3 Å². The average Bonchev–Trinajstić information content (AvgIpc) is 2.46. The molecule has 0 radical (unpaired) electrons. The van der Waals surface area contributed by atoms with E-state index in [1.807, 2.05) is 30.3 Å². The smallest absolute Gasteiger partial charge is 0.269 e. The standard InChI is InChI=1S/C15H15NO4/c1-15(17,12-5-3-2-4-6-12)11-20-14-9-7-13(8-10-14)16(18)19/h2-10,17H,11H2,1H3. The van der Waals surface area contributed by atoms with Gasteiger partial charge in [0.2, 0.25) is 0 Å². The van der Waals surface area contributed by atoms with Gasteiger partial charge in [-0.3, -0.25) is 10.1 Å². The van der Waals surface area contributed by atoms with Crippen molar-refractivity contribution in [3.8, 4) is 5.75 Å². The molecule has 0 saturated heterocycles. The topological polar surface area (TPSA) is 72.6 Å². The largest absolute Gasteiger partial charge is 0.490 e. The Labute approximate surface area is 116 Å². The molecule has 1 unspecified atom stereocenters. The summed E-state index contributed by atoms with van der Waals surface area (Å²) in [4.78, 5) is 10.1. The molecular weight excluding hydrogens is 258 g/mol. The maximum Gasteiger partial charge on any atom is 0.269 e. The Morgan fingerprint density at radius 1 is 1.15 bits per heavy atom. The number of hydrogen-bond acceptors (Lipinski definition) is 4. The molecule has 0 amide bonds. The molecule has 1 atom stereocenters. The highest BCUT2D eigenvalue weighted by Gasteiger charge is 2.23. The van der Waals surface area contributed by atoms with Gasteiger partial charge in [-0.25, -0.2) is 0 Å². The van der Waals surface area contributed by atoms with Crippen molar-refractivity contribution >= 4 is 5.69 Å². The Morgan fingerprint density at radius 2 is 1.75 bits per heavy atom. The number of hydrogen-bond donors (Lipinski definition) is 1. The Morgan fingerprint density at radius 3 is 2.30 bits per heavy atom. The molecule has 0 aliphatic carbocycles. The molecule has 0 aliphatic rings. The van der Waals surface area contributed by atoms with Crippen molar-refractivity contribution in [3.63, 3.8) is 0 Å². The second kappa shape index (κ2) is 5.71. The van der Waals surface area contributed by atoms with Crippen molar-refractivity contribution in [2.75, 3.05) is 6.61 Å². The summed E-state index contributed by atoms with van der Waals surface area (Å²) >= 11 is 0. The van der Waals surface area contributed by atoms with Crippen molar-refractivity contribution in [3.05, 3.63) is 70.3 Å². The van der Waals surface area contributed by atoms with Crippen LogP contribution in [0.5, 0.6) is 5.75 Å². The Bertz CT molecular complexity index is 579. The van der Waals surface area contributed by atoms with Crippen LogP contribution >= 0.6 is 0 Å². The summed E-state index contributed by atoms with van der Waals surface area (Å²) in [6, 6.07) is 15.0. The van der Waals surface area contributed by atoms with Gasteiger partial charge in [0.1, 0.15) is 18.0 Å². The normalized spacial score (nSPS) is 13.5. The van der Waals surface area contributed by atoms with Crippen LogP contribution in [0.4, 0.5) is 5.69 Å². The third-order valence-corrected chi connectivity index (χ3v) is 2.96. The van der Waals surface area contributed by atoms with Gasteiger partial charge >= 0.3 is 0 Å². The third-order valence-electron chi connectivity index (χ3n) is 2.96. The molecule has 0 saturated carbocycles. The first-order valence-corrected chi connectivity index (χ1v) is 6.14. The van der Waals surface area contributed by atoms with Gasteiger partial charge in [-0.2, -0.15) is 0 Å². The summed E-state index contributed by atoms with van der Waals surface area (Å²) in [6.07, 6.45) is 0. The predicted octanol–water partition coefficient (Wildman–Crippen LogP) is 2.88. The van der Waals surface area contributed by atoms with E-state index in [4.69, 9.17) is 4.74 Å². The second-order valence-corrected chi connectivity index (χ2v) is 4.68. The maximum atomic E-state index is 10.5. The summed E-state index contributed by atoms with van der Waals surface area (Å²) in [6.45, 7) is 1.72. The lowest BCUT2D eigenvalue weighted by Gasteiger charge is -2.23. The molecular formula is C15H15NO4. The number of nitro benzene ring substituents is 1. The molecule has 2 rings (SSSR count). The summed E-state index contributed by atoms with van der Waals surface area (Å²) in [5, 5.41) is 20.9. The zero-order valence-corrected chi connectivity index (χ0v) is 11.0. The van der Waals surface area contributed by atoms with Crippen LogP contribution in [0.1, 0.15) is 12.5 Å². The van der Waals surface area contributed by atoms with Crippen molar-refractivity contribution in [2.24, 2.45) is 0 Å². The Balaban J connectivity index is 2.03. The number of non-ortho nitro benzene ring substituents is 1. The van der Waals surface area contributed by atoms with Crippen LogP contribution in [0, 0.1) is 10.1 Å². The van der Waals surface area contributed by atoms with E-state index >= 15 is 0 Å². The molecule has 20 heavy (non-hydrogen) atoms. The van der Waals surface area contributed by atoms with Crippen LogP contribution in [0.25, 0.3) is 0 Å². The van der Waals surface area contributed by atoms with E-state index in [0.29, 0.717) is 5.75 Å². The molecule has 0 heterocycles. The SMILES string of the molecule is CC(O)(COc1ccc([N+](=O)[O-])cc1)c1ccccc1. The highest BCUT2D eigenvalue weighted by molar-refractivity contribution is 5.36. The lowest BCUT2D eigenvalue weighted by Crippen LogP contribution is -2.29. The lowest BCUT2D eigenvalue weighted by atomic mass is 9.97.